The van der Waals surface area contributed by atoms with Crippen molar-refractivity contribution in [3.63, 3.8) is 0 Å². The zero-order chi connectivity index (χ0) is 12.4. The lowest BCUT2D eigenvalue weighted by molar-refractivity contribution is 0.708. The minimum absolute atomic E-state index is 0.659. The average Bonchev–Trinajstić information content (AvgIpc) is 2.60. The van der Waals surface area contributed by atoms with Gasteiger partial charge in [0.25, 0.3) is 0 Å². The molecule has 0 saturated carbocycles. The molecule has 0 unspecified atom stereocenters. The Balaban J connectivity index is 2.42. The molecule has 0 aliphatic heterocycles. The molecule has 0 aliphatic rings. The highest BCUT2D eigenvalue weighted by atomic mass is 15.3. The second kappa shape index (κ2) is 4.72. The molecule has 3 nitrogen and oxygen atoms in total. The van der Waals surface area contributed by atoms with Gasteiger partial charge >= 0.3 is 0 Å². The Bertz CT molecular complexity index is 526. The topological polar surface area (TPSA) is 43.8 Å². The van der Waals surface area contributed by atoms with Crippen LogP contribution in [0.5, 0.6) is 0 Å². The van der Waals surface area contributed by atoms with Gasteiger partial charge in [-0.1, -0.05) is 23.8 Å². The lowest BCUT2D eigenvalue weighted by Gasteiger charge is -2.03. The van der Waals surface area contributed by atoms with Crippen molar-refractivity contribution in [2.75, 3.05) is 6.54 Å². The molecule has 0 saturated heterocycles. The van der Waals surface area contributed by atoms with Crippen LogP contribution in [-0.2, 0) is 13.5 Å². The Morgan fingerprint density at radius 3 is 2.65 bits per heavy atom. The van der Waals surface area contributed by atoms with E-state index in [9.17, 15) is 0 Å². The third-order valence-corrected chi connectivity index (χ3v) is 3.04. The Morgan fingerprint density at radius 2 is 2.00 bits per heavy atom. The van der Waals surface area contributed by atoms with Crippen molar-refractivity contribution < 1.29 is 0 Å². The molecule has 0 radical (unpaired) electrons. The molecule has 1 heterocycles. The van der Waals surface area contributed by atoms with Crippen LogP contribution in [0.1, 0.15) is 16.8 Å². The zero-order valence-corrected chi connectivity index (χ0v) is 10.7. The van der Waals surface area contributed by atoms with Crippen molar-refractivity contribution >= 4 is 0 Å². The molecule has 17 heavy (non-hydrogen) atoms. The first kappa shape index (κ1) is 11.9. The van der Waals surface area contributed by atoms with E-state index < -0.39 is 0 Å². The molecule has 0 atom stereocenters. The van der Waals surface area contributed by atoms with E-state index in [0.717, 1.165) is 12.1 Å². The number of aryl methyl sites for hydroxylation is 3. The van der Waals surface area contributed by atoms with Crippen LogP contribution in [0, 0.1) is 13.8 Å². The molecule has 0 spiro atoms. The molecule has 2 aromatic rings. The zero-order valence-electron chi connectivity index (χ0n) is 10.7. The van der Waals surface area contributed by atoms with Crippen LogP contribution in [-0.4, -0.2) is 16.3 Å². The fraction of sp³-hybridized carbons (Fsp3) is 0.357. The molecule has 0 fully saturated rings. The molecule has 2 N–H and O–H groups in total. The van der Waals surface area contributed by atoms with Gasteiger partial charge in [0.2, 0.25) is 0 Å². The maximum absolute atomic E-state index is 5.59. The Kier molecular flexibility index (Phi) is 3.29. The van der Waals surface area contributed by atoms with E-state index in [1.54, 1.807) is 0 Å². The van der Waals surface area contributed by atoms with Gasteiger partial charge in [0.15, 0.2) is 0 Å². The number of rotatable bonds is 3. The summed E-state index contributed by atoms with van der Waals surface area (Å²) in [5.41, 5.74) is 11.6. The average molecular weight is 229 g/mol. The Labute approximate surface area is 102 Å². The number of hydrogen-bond donors (Lipinski definition) is 1. The van der Waals surface area contributed by atoms with Gasteiger partial charge in [0.1, 0.15) is 0 Å². The Hall–Kier alpha value is -1.61. The van der Waals surface area contributed by atoms with E-state index >= 15 is 0 Å². The second-order valence-corrected chi connectivity index (χ2v) is 4.50. The quantitative estimate of drug-likeness (QED) is 0.877. The summed E-state index contributed by atoms with van der Waals surface area (Å²) >= 11 is 0. The van der Waals surface area contributed by atoms with E-state index in [4.69, 9.17) is 5.73 Å². The minimum atomic E-state index is 0.659. The van der Waals surface area contributed by atoms with Gasteiger partial charge in [0, 0.05) is 24.7 Å². The number of hydrogen-bond acceptors (Lipinski definition) is 2. The van der Waals surface area contributed by atoms with Crippen LogP contribution in [0.25, 0.3) is 11.3 Å². The lowest BCUT2D eigenvalue weighted by Crippen LogP contribution is -2.06. The minimum Gasteiger partial charge on any atom is -0.330 e. The summed E-state index contributed by atoms with van der Waals surface area (Å²) < 4.78 is 1.92. The highest BCUT2D eigenvalue weighted by Crippen LogP contribution is 2.23. The second-order valence-electron chi connectivity index (χ2n) is 4.50. The molecule has 1 aromatic heterocycles. The summed E-state index contributed by atoms with van der Waals surface area (Å²) in [6.07, 6.45) is 0.869. The molecular weight excluding hydrogens is 210 g/mol. The van der Waals surface area contributed by atoms with Crippen LogP contribution >= 0.6 is 0 Å². The summed E-state index contributed by atoms with van der Waals surface area (Å²) in [6, 6.07) is 8.58. The summed E-state index contributed by atoms with van der Waals surface area (Å²) in [6.45, 7) is 4.89. The molecule has 90 valence electrons. The van der Waals surface area contributed by atoms with Crippen molar-refractivity contribution in [2.24, 2.45) is 12.8 Å². The number of aromatic nitrogens is 2. The largest absolute Gasteiger partial charge is 0.330 e. The summed E-state index contributed by atoms with van der Waals surface area (Å²) in [5, 5.41) is 4.55. The maximum Gasteiger partial charge on any atom is 0.0928 e. The molecule has 2 rings (SSSR count). The van der Waals surface area contributed by atoms with Crippen molar-refractivity contribution in [1.82, 2.24) is 9.78 Å². The number of nitrogens with zero attached hydrogens (tertiary/aromatic N) is 2. The number of benzene rings is 1. The van der Waals surface area contributed by atoms with E-state index in [0.29, 0.717) is 6.54 Å². The van der Waals surface area contributed by atoms with Crippen LogP contribution in [0.2, 0.25) is 0 Å². The predicted octanol–water partition coefficient (Wildman–Crippen LogP) is 2.21. The van der Waals surface area contributed by atoms with Crippen LogP contribution in [0.4, 0.5) is 0 Å². The smallest absolute Gasteiger partial charge is 0.0928 e. The SMILES string of the molecule is Cc1ccc(-c2cc(CCN)n(C)n2)c(C)c1. The lowest BCUT2D eigenvalue weighted by atomic mass is 10.0. The van der Waals surface area contributed by atoms with Gasteiger partial charge < -0.3 is 5.73 Å². The molecular formula is C14H19N3. The first-order valence-corrected chi connectivity index (χ1v) is 5.92. The number of nitrogens with two attached hydrogens (primary N) is 1. The van der Waals surface area contributed by atoms with Gasteiger partial charge in [-0.2, -0.15) is 5.10 Å². The molecule has 0 aliphatic carbocycles. The summed E-state index contributed by atoms with van der Waals surface area (Å²) in [4.78, 5) is 0. The van der Waals surface area contributed by atoms with Crippen LogP contribution < -0.4 is 5.73 Å². The summed E-state index contributed by atoms with van der Waals surface area (Å²) in [5.74, 6) is 0. The van der Waals surface area contributed by atoms with Crippen molar-refractivity contribution in [1.29, 1.82) is 0 Å². The third kappa shape index (κ3) is 2.39. The molecule has 0 amide bonds. The van der Waals surface area contributed by atoms with Crippen molar-refractivity contribution in [3.05, 3.63) is 41.1 Å². The standard InChI is InChI=1S/C14H19N3/c1-10-4-5-13(11(2)8-10)14-9-12(6-7-15)17(3)16-14/h4-5,8-9H,6-7,15H2,1-3H3. The molecule has 1 aromatic carbocycles. The van der Waals surface area contributed by atoms with Gasteiger partial charge in [-0.3, -0.25) is 4.68 Å². The van der Waals surface area contributed by atoms with Gasteiger partial charge in [-0.25, -0.2) is 0 Å². The molecule has 3 heteroatoms. The van der Waals surface area contributed by atoms with Gasteiger partial charge in [-0.15, -0.1) is 0 Å². The van der Waals surface area contributed by atoms with E-state index in [-0.39, 0.29) is 0 Å². The van der Waals surface area contributed by atoms with Crippen molar-refractivity contribution in [2.45, 2.75) is 20.3 Å². The fourth-order valence-corrected chi connectivity index (χ4v) is 2.12. The normalized spacial score (nSPS) is 10.8. The first-order valence-electron chi connectivity index (χ1n) is 5.92. The molecule has 0 bridgehead atoms. The highest BCUT2D eigenvalue weighted by Gasteiger charge is 2.08. The van der Waals surface area contributed by atoms with E-state index in [1.807, 2.05) is 11.7 Å². The van der Waals surface area contributed by atoms with E-state index in [1.165, 1.54) is 22.4 Å². The van der Waals surface area contributed by atoms with E-state index in [2.05, 4.69) is 43.2 Å². The van der Waals surface area contributed by atoms with Crippen molar-refractivity contribution in [3.8, 4) is 11.3 Å². The fourth-order valence-electron chi connectivity index (χ4n) is 2.12. The first-order chi connectivity index (χ1) is 8.11. The maximum atomic E-state index is 5.59. The van der Waals surface area contributed by atoms with Gasteiger partial charge in [0.05, 0.1) is 5.69 Å². The predicted molar refractivity (Wildman–Crippen MR) is 70.9 cm³/mol. The highest BCUT2D eigenvalue weighted by molar-refractivity contribution is 5.64. The summed E-state index contributed by atoms with van der Waals surface area (Å²) in [7, 11) is 1.97. The van der Waals surface area contributed by atoms with Gasteiger partial charge in [-0.05, 0) is 32.0 Å². The Morgan fingerprint density at radius 1 is 1.24 bits per heavy atom. The van der Waals surface area contributed by atoms with Crippen LogP contribution in [0.15, 0.2) is 24.3 Å². The van der Waals surface area contributed by atoms with Crippen LogP contribution in [0.3, 0.4) is 0 Å². The third-order valence-electron chi connectivity index (χ3n) is 3.04. The monoisotopic (exact) mass is 229 g/mol.